The molecular weight excluding hydrogens is 66.0 g/mol. The number of hydrazine groups is 1. The van der Waals surface area contributed by atoms with Gasteiger partial charge in [-0.15, -0.1) is 0 Å². The van der Waals surface area contributed by atoms with E-state index >= 15 is 0 Å². The molecule has 0 amide bonds. The van der Waals surface area contributed by atoms with E-state index in [1.807, 2.05) is 0 Å². The van der Waals surface area contributed by atoms with E-state index in [9.17, 15) is 0 Å². The highest BCUT2D eigenvalue weighted by Crippen LogP contribution is 0.817. The Balaban J connectivity index is 0. The van der Waals surface area contributed by atoms with Crippen LogP contribution in [0, 0.1) is 0 Å². The van der Waals surface area contributed by atoms with Crippen LogP contribution in [0.3, 0.4) is 0 Å². The maximum Gasteiger partial charge on any atom is -0.00172 e. The molecule has 5 N–H and O–H groups in total. The van der Waals surface area contributed by atoms with Gasteiger partial charge in [0, 0.05) is 0 Å². The van der Waals surface area contributed by atoms with Crippen LogP contribution >= 0.6 is 0 Å². The lowest BCUT2D eigenvalue weighted by atomic mass is 11.5. The lowest BCUT2D eigenvalue weighted by Gasteiger charge is -1.62. The van der Waals surface area contributed by atoms with Crippen molar-refractivity contribution in [3.05, 3.63) is 0 Å². The second-order valence-electron chi connectivity index (χ2n) is 0.289. The molecule has 0 radical (unpaired) electrons. The van der Waals surface area contributed by atoms with Gasteiger partial charge in [0.2, 0.25) is 0 Å². The van der Waals surface area contributed by atoms with Gasteiger partial charge in [0.05, 0.1) is 0 Å². The molecule has 0 aromatic heterocycles. The molecule has 0 heterocycles. The Labute approximate surface area is 32.3 Å². The number of hydrogen-bond donors (Lipinski definition) is 3. The van der Waals surface area contributed by atoms with Gasteiger partial charge >= 0.3 is 0 Å². The minimum atomic E-state index is 1.50. The summed E-state index contributed by atoms with van der Waals surface area (Å²) in [6.45, 7) is 0. The van der Waals surface area contributed by atoms with Crippen LogP contribution in [0.1, 0.15) is 0 Å². The maximum absolute atomic E-state index is 4.60. The third-order valence-electron chi connectivity index (χ3n) is 0. The minimum Gasteiger partial charge on any atom is -0.333 e. The first-order valence-electron chi connectivity index (χ1n) is 1.37. The van der Waals surface area contributed by atoms with E-state index in [1.165, 1.54) is 7.05 Å². The van der Waals surface area contributed by atoms with Crippen molar-refractivity contribution in [3.8, 4) is 0 Å². The summed E-state index contributed by atoms with van der Waals surface area (Å²) in [7, 11) is 3.15. The molecule has 0 saturated heterocycles. The molecule has 3 nitrogen and oxygen atoms in total. The number of nitrogens with two attached hydrogens (primary N) is 2. The average molecular weight is 77.1 g/mol. The van der Waals surface area contributed by atoms with E-state index in [2.05, 4.69) is 17.0 Å². The van der Waals surface area contributed by atoms with Crippen molar-refractivity contribution in [2.24, 2.45) is 11.6 Å². The Bertz CT molecular complexity index is 4.85. The van der Waals surface area contributed by atoms with Gasteiger partial charge in [-0.3, -0.25) is 11.3 Å². The summed E-state index contributed by atoms with van der Waals surface area (Å²) < 4.78 is 0. The molecule has 3 heteroatoms. The van der Waals surface area contributed by atoms with Crippen LogP contribution in [-0.2, 0) is 0 Å². The molecule has 0 aliphatic carbocycles. The van der Waals surface area contributed by atoms with Crippen molar-refractivity contribution in [3.63, 3.8) is 0 Å². The molecule has 0 saturated carbocycles. The van der Waals surface area contributed by atoms with Crippen LogP contribution in [-0.4, -0.2) is 14.1 Å². The van der Waals surface area contributed by atoms with E-state index < -0.39 is 0 Å². The Hall–Kier alpha value is -0.120. The summed E-state index contributed by atoms with van der Waals surface area (Å²) in [4.78, 5) is 0. The van der Waals surface area contributed by atoms with E-state index in [4.69, 9.17) is 0 Å². The summed E-state index contributed by atoms with van der Waals surface area (Å²) in [5, 5.41) is 0. The summed E-state index contributed by atoms with van der Waals surface area (Å²) in [5.41, 5.74) is 6.75. The van der Waals surface area contributed by atoms with Crippen molar-refractivity contribution in [2.75, 3.05) is 14.1 Å². The van der Waals surface area contributed by atoms with Crippen molar-refractivity contribution in [1.29, 1.82) is 0 Å². The van der Waals surface area contributed by atoms with Crippen LogP contribution < -0.4 is 17.0 Å². The number of rotatable bonds is 0. The van der Waals surface area contributed by atoms with Crippen LogP contribution in [0.4, 0.5) is 0 Å². The third-order valence-corrected chi connectivity index (χ3v) is 0. The standard InChI is InChI=1S/CH6N2.CH5N/c1-3-2;1-2/h3H,2H2,1H3;2H2,1H3. The topological polar surface area (TPSA) is 64.1 Å². The zero-order chi connectivity index (χ0) is 4.71. The number of nitrogens with one attached hydrogen (secondary N) is 1. The quantitative estimate of drug-likeness (QED) is 0.247. The van der Waals surface area contributed by atoms with E-state index in [0.717, 1.165) is 0 Å². The molecule has 0 fully saturated rings. The van der Waals surface area contributed by atoms with Crippen molar-refractivity contribution >= 4 is 0 Å². The molecule has 0 aromatic rings. The van der Waals surface area contributed by atoms with Crippen LogP contribution in [0.25, 0.3) is 0 Å². The first-order valence-corrected chi connectivity index (χ1v) is 1.37. The van der Waals surface area contributed by atoms with Gasteiger partial charge in [-0.25, -0.2) is 0 Å². The monoisotopic (exact) mass is 77.1 g/mol. The highest BCUT2D eigenvalue weighted by molar-refractivity contribution is 3.79. The van der Waals surface area contributed by atoms with Gasteiger partial charge in [-0.2, -0.15) is 0 Å². The van der Waals surface area contributed by atoms with Gasteiger partial charge in [-0.1, -0.05) is 0 Å². The molecule has 0 aliphatic heterocycles. The first kappa shape index (κ1) is 8.86. The zero-order valence-corrected chi connectivity index (χ0v) is 3.65. The van der Waals surface area contributed by atoms with Gasteiger partial charge in [0.1, 0.15) is 0 Å². The number of hydrogen-bond acceptors (Lipinski definition) is 3. The van der Waals surface area contributed by atoms with E-state index in [-0.39, 0.29) is 0 Å². The van der Waals surface area contributed by atoms with E-state index in [0.29, 0.717) is 0 Å². The Morgan fingerprint density at radius 3 is 1.40 bits per heavy atom. The fraction of sp³-hybridized carbons (Fsp3) is 1.00. The Morgan fingerprint density at radius 2 is 1.40 bits per heavy atom. The average Bonchev–Trinajstić information content (AvgIpc) is 1.46. The summed E-state index contributed by atoms with van der Waals surface area (Å²) >= 11 is 0. The van der Waals surface area contributed by atoms with Gasteiger partial charge in [0.15, 0.2) is 0 Å². The maximum atomic E-state index is 4.60. The molecule has 0 aliphatic rings. The van der Waals surface area contributed by atoms with Crippen LogP contribution in [0.15, 0.2) is 0 Å². The Kier molecular flexibility index (Phi) is 73.6. The lowest BCUT2D eigenvalue weighted by molar-refractivity contribution is 0.900. The molecule has 0 spiro atoms. The van der Waals surface area contributed by atoms with Crippen molar-refractivity contribution < 1.29 is 0 Å². The molecule has 0 aromatic carbocycles. The lowest BCUT2D eigenvalue weighted by Crippen LogP contribution is -2.13. The SMILES string of the molecule is CN.CNN. The second kappa shape index (κ2) is 41.6. The molecule has 5 heavy (non-hydrogen) atoms. The molecule has 0 unspecified atom stereocenters. The van der Waals surface area contributed by atoms with E-state index in [1.54, 1.807) is 7.05 Å². The van der Waals surface area contributed by atoms with Gasteiger partial charge < -0.3 is 5.73 Å². The summed E-state index contributed by atoms with van der Waals surface area (Å²) in [6, 6.07) is 0. The predicted octanol–water partition coefficient (Wildman–Crippen LogP) is -1.35. The molecular formula is C2H11N3. The van der Waals surface area contributed by atoms with Crippen LogP contribution in [0.2, 0.25) is 0 Å². The summed E-state index contributed by atoms with van der Waals surface area (Å²) in [5.74, 6) is 4.60. The fourth-order valence-corrected chi connectivity index (χ4v) is 0. The molecule has 0 atom stereocenters. The highest BCUT2D eigenvalue weighted by atomic mass is 15.2. The first-order chi connectivity index (χ1) is 2.41. The summed E-state index contributed by atoms with van der Waals surface area (Å²) in [6.07, 6.45) is 0. The minimum absolute atomic E-state index is 1.50. The largest absolute Gasteiger partial charge is 0.333 e. The molecule has 34 valence electrons. The van der Waals surface area contributed by atoms with Gasteiger partial charge in [-0.05, 0) is 14.1 Å². The van der Waals surface area contributed by atoms with Gasteiger partial charge in [0.25, 0.3) is 0 Å². The smallest absolute Gasteiger partial charge is 0.00172 e. The molecule has 0 rings (SSSR count). The van der Waals surface area contributed by atoms with Crippen molar-refractivity contribution in [2.45, 2.75) is 0 Å². The second-order valence-corrected chi connectivity index (χ2v) is 0.289. The Morgan fingerprint density at radius 1 is 1.40 bits per heavy atom. The third kappa shape index (κ3) is 952. The van der Waals surface area contributed by atoms with Crippen LogP contribution in [0.5, 0.6) is 0 Å². The zero-order valence-electron chi connectivity index (χ0n) is 3.65. The predicted molar refractivity (Wildman–Crippen MR) is 23.4 cm³/mol. The molecule has 0 bridgehead atoms. The highest BCUT2D eigenvalue weighted by Gasteiger charge is 1.22. The van der Waals surface area contributed by atoms with Crippen molar-refractivity contribution in [1.82, 2.24) is 5.43 Å². The normalized spacial score (nSPS) is 4.80. The fourth-order valence-electron chi connectivity index (χ4n) is 0.